The predicted molar refractivity (Wildman–Crippen MR) is 48.0 cm³/mol. The average molecular weight is 156 g/mol. The molecule has 0 saturated carbocycles. The molecule has 0 aliphatic carbocycles. The van der Waals surface area contributed by atoms with Gasteiger partial charge >= 0.3 is 0 Å². The summed E-state index contributed by atoms with van der Waals surface area (Å²) in [5, 5.41) is 2.02. The molecule has 2 nitrogen and oxygen atoms in total. The maximum atomic E-state index is 5.84. The van der Waals surface area contributed by atoms with Gasteiger partial charge in [0.25, 0.3) is 0 Å². The fraction of sp³-hybridized carbons (Fsp3) is 1.00. The van der Waals surface area contributed by atoms with E-state index in [-0.39, 0.29) is 0 Å². The van der Waals surface area contributed by atoms with E-state index in [2.05, 4.69) is 13.8 Å². The molecule has 0 aromatic carbocycles. The van der Waals surface area contributed by atoms with Crippen molar-refractivity contribution in [2.24, 2.45) is 11.8 Å². The fourth-order valence-electron chi connectivity index (χ4n) is 1.92. The van der Waals surface area contributed by atoms with E-state index in [1.165, 1.54) is 25.7 Å². The summed E-state index contributed by atoms with van der Waals surface area (Å²) in [6, 6.07) is 0.647. The van der Waals surface area contributed by atoms with Crippen LogP contribution in [-0.4, -0.2) is 17.6 Å². The molecular formula is C9H20N2. The highest BCUT2D eigenvalue weighted by molar-refractivity contribution is 4.76. The van der Waals surface area contributed by atoms with Crippen molar-refractivity contribution in [3.8, 4) is 0 Å². The molecule has 1 saturated heterocycles. The maximum Gasteiger partial charge on any atom is 0.0241 e. The number of nitrogens with two attached hydrogens (primary N) is 1. The zero-order valence-electron chi connectivity index (χ0n) is 7.71. The monoisotopic (exact) mass is 156 g/mol. The van der Waals surface area contributed by atoms with Crippen molar-refractivity contribution in [1.82, 2.24) is 5.01 Å². The molecule has 2 atom stereocenters. The van der Waals surface area contributed by atoms with Crippen LogP contribution in [0.4, 0.5) is 0 Å². The van der Waals surface area contributed by atoms with Crippen LogP contribution in [0.25, 0.3) is 0 Å². The first kappa shape index (κ1) is 9.01. The Bertz CT molecular complexity index is 114. The fourth-order valence-corrected chi connectivity index (χ4v) is 1.92. The van der Waals surface area contributed by atoms with E-state index in [0.29, 0.717) is 6.04 Å². The van der Waals surface area contributed by atoms with Gasteiger partial charge in [-0.25, -0.2) is 5.01 Å². The van der Waals surface area contributed by atoms with Gasteiger partial charge in [0.05, 0.1) is 0 Å². The van der Waals surface area contributed by atoms with Gasteiger partial charge in [0, 0.05) is 12.6 Å². The molecular weight excluding hydrogens is 136 g/mol. The number of hydrogen-bond donors (Lipinski definition) is 1. The average Bonchev–Trinajstić information content (AvgIpc) is 2.05. The van der Waals surface area contributed by atoms with E-state index in [9.17, 15) is 0 Å². The molecule has 2 heteroatoms. The van der Waals surface area contributed by atoms with Crippen LogP contribution in [0.15, 0.2) is 0 Å². The van der Waals surface area contributed by atoms with E-state index in [4.69, 9.17) is 5.84 Å². The number of rotatable bonds is 2. The van der Waals surface area contributed by atoms with Crippen LogP contribution in [0.5, 0.6) is 0 Å². The van der Waals surface area contributed by atoms with Gasteiger partial charge in [-0.05, 0) is 25.2 Å². The minimum atomic E-state index is 0.647. The third kappa shape index (κ3) is 2.17. The van der Waals surface area contributed by atoms with E-state index < -0.39 is 0 Å². The van der Waals surface area contributed by atoms with Crippen molar-refractivity contribution in [3.05, 3.63) is 0 Å². The maximum absolute atomic E-state index is 5.84. The molecule has 0 spiro atoms. The van der Waals surface area contributed by atoms with E-state index in [1.54, 1.807) is 0 Å². The van der Waals surface area contributed by atoms with Crippen LogP contribution in [0, 0.1) is 5.92 Å². The van der Waals surface area contributed by atoms with Crippen molar-refractivity contribution in [2.75, 3.05) is 6.54 Å². The van der Waals surface area contributed by atoms with Crippen LogP contribution < -0.4 is 5.84 Å². The molecule has 0 bridgehead atoms. The van der Waals surface area contributed by atoms with E-state index in [1.807, 2.05) is 5.01 Å². The summed E-state index contributed by atoms with van der Waals surface area (Å²) in [5.41, 5.74) is 0. The Morgan fingerprint density at radius 1 is 1.36 bits per heavy atom. The van der Waals surface area contributed by atoms with Gasteiger partial charge in [-0.2, -0.15) is 0 Å². The summed E-state index contributed by atoms with van der Waals surface area (Å²) >= 11 is 0. The summed E-state index contributed by atoms with van der Waals surface area (Å²) in [5.74, 6) is 6.77. The van der Waals surface area contributed by atoms with Crippen LogP contribution in [0.1, 0.15) is 39.5 Å². The Morgan fingerprint density at radius 2 is 2.09 bits per heavy atom. The van der Waals surface area contributed by atoms with Crippen molar-refractivity contribution >= 4 is 0 Å². The number of hydrazine groups is 1. The number of nitrogens with zero attached hydrogens (tertiary/aromatic N) is 1. The normalized spacial score (nSPS) is 34.1. The van der Waals surface area contributed by atoms with Crippen LogP contribution >= 0.6 is 0 Å². The first-order chi connectivity index (χ1) is 5.27. The lowest BCUT2D eigenvalue weighted by molar-refractivity contribution is 0.108. The third-order valence-corrected chi connectivity index (χ3v) is 2.92. The summed E-state index contributed by atoms with van der Waals surface area (Å²) in [4.78, 5) is 0. The van der Waals surface area contributed by atoms with Gasteiger partial charge in [0.15, 0.2) is 0 Å². The summed E-state index contributed by atoms with van der Waals surface area (Å²) < 4.78 is 0. The van der Waals surface area contributed by atoms with Gasteiger partial charge in [-0.3, -0.25) is 5.84 Å². The van der Waals surface area contributed by atoms with Crippen LogP contribution in [0.3, 0.4) is 0 Å². The van der Waals surface area contributed by atoms with Crippen molar-refractivity contribution in [1.29, 1.82) is 0 Å². The molecule has 11 heavy (non-hydrogen) atoms. The van der Waals surface area contributed by atoms with Gasteiger partial charge < -0.3 is 0 Å². The lowest BCUT2D eigenvalue weighted by Gasteiger charge is -2.35. The molecule has 1 heterocycles. The Hall–Kier alpha value is -0.0800. The van der Waals surface area contributed by atoms with Gasteiger partial charge in [0.1, 0.15) is 0 Å². The predicted octanol–water partition coefficient (Wildman–Crippen LogP) is 1.76. The molecule has 1 fully saturated rings. The number of hydrogen-bond acceptors (Lipinski definition) is 2. The quantitative estimate of drug-likeness (QED) is 0.617. The SMILES string of the molecule is CCC1CCN(N)C(CC)C1. The minimum absolute atomic E-state index is 0.647. The van der Waals surface area contributed by atoms with Gasteiger partial charge in [-0.1, -0.05) is 20.3 Å². The lowest BCUT2D eigenvalue weighted by atomic mass is 9.89. The van der Waals surface area contributed by atoms with Crippen molar-refractivity contribution in [2.45, 2.75) is 45.6 Å². The lowest BCUT2D eigenvalue weighted by Crippen LogP contribution is -2.46. The first-order valence-corrected chi connectivity index (χ1v) is 4.79. The largest absolute Gasteiger partial charge is 0.269 e. The van der Waals surface area contributed by atoms with Crippen LogP contribution in [-0.2, 0) is 0 Å². The van der Waals surface area contributed by atoms with Crippen molar-refractivity contribution < 1.29 is 0 Å². The molecule has 0 aromatic heterocycles. The molecule has 0 radical (unpaired) electrons. The highest BCUT2D eigenvalue weighted by Crippen LogP contribution is 2.24. The first-order valence-electron chi connectivity index (χ1n) is 4.79. The molecule has 1 aliphatic heterocycles. The molecule has 1 aliphatic rings. The molecule has 1 rings (SSSR count). The minimum Gasteiger partial charge on any atom is -0.269 e. The molecule has 0 amide bonds. The third-order valence-electron chi connectivity index (χ3n) is 2.92. The smallest absolute Gasteiger partial charge is 0.0241 e. The second-order valence-corrected chi connectivity index (χ2v) is 3.60. The van der Waals surface area contributed by atoms with E-state index in [0.717, 1.165) is 12.5 Å². The summed E-state index contributed by atoms with van der Waals surface area (Å²) in [7, 11) is 0. The summed E-state index contributed by atoms with van der Waals surface area (Å²) in [6.07, 6.45) is 5.13. The zero-order valence-corrected chi connectivity index (χ0v) is 7.71. The highest BCUT2D eigenvalue weighted by atomic mass is 15.4. The Balaban J connectivity index is 2.37. The Kier molecular flexibility index (Phi) is 3.34. The molecule has 2 unspecified atom stereocenters. The summed E-state index contributed by atoms with van der Waals surface area (Å²) in [6.45, 7) is 5.60. The standard InChI is InChI=1S/C9H20N2/c1-3-8-5-6-11(10)9(4-2)7-8/h8-9H,3-7,10H2,1-2H3. The molecule has 0 aromatic rings. The molecule has 2 N–H and O–H groups in total. The Labute approximate surface area is 69.7 Å². The number of piperidine rings is 1. The Morgan fingerprint density at radius 3 is 2.64 bits per heavy atom. The highest BCUT2D eigenvalue weighted by Gasteiger charge is 2.23. The molecule has 66 valence electrons. The van der Waals surface area contributed by atoms with Gasteiger partial charge in [-0.15, -0.1) is 0 Å². The zero-order chi connectivity index (χ0) is 8.27. The topological polar surface area (TPSA) is 29.3 Å². The van der Waals surface area contributed by atoms with Crippen LogP contribution in [0.2, 0.25) is 0 Å². The van der Waals surface area contributed by atoms with Crippen molar-refractivity contribution in [3.63, 3.8) is 0 Å². The second-order valence-electron chi connectivity index (χ2n) is 3.60. The van der Waals surface area contributed by atoms with E-state index >= 15 is 0 Å². The second kappa shape index (κ2) is 4.07. The van der Waals surface area contributed by atoms with Gasteiger partial charge in [0.2, 0.25) is 0 Å².